The van der Waals surface area contributed by atoms with Crippen molar-refractivity contribution < 1.29 is 0 Å². The number of anilines is 1. The Morgan fingerprint density at radius 2 is 2.36 bits per heavy atom. The highest BCUT2D eigenvalue weighted by Crippen LogP contribution is 2.64. The zero-order valence-corrected chi connectivity index (χ0v) is 8.88. The number of aromatic nitrogens is 2. The maximum Gasteiger partial charge on any atom is 0.124 e. The van der Waals surface area contributed by atoms with Crippen molar-refractivity contribution in [2.45, 2.75) is 38.0 Å². The van der Waals surface area contributed by atoms with E-state index >= 15 is 0 Å². The predicted molar refractivity (Wildman–Crippen MR) is 56.0 cm³/mol. The van der Waals surface area contributed by atoms with E-state index in [0.29, 0.717) is 5.41 Å². The summed E-state index contributed by atoms with van der Waals surface area (Å²) >= 11 is 0. The number of nitrogen functional groups attached to an aromatic ring is 1. The molecular weight excluding hydrogens is 174 g/mol. The Bertz CT molecular complexity index is 393. The van der Waals surface area contributed by atoms with Crippen molar-refractivity contribution in [1.82, 2.24) is 9.78 Å². The molecule has 2 saturated carbocycles. The van der Waals surface area contributed by atoms with Crippen LogP contribution in [0.3, 0.4) is 0 Å². The molecule has 0 aromatic carbocycles. The third-order valence-electron chi connectivity index (χ3n) is 4.22. The Kier molecular flexibility index (Phi) is 1.38. The summed E-state index contributed by atoms with van der Waals surface area (Å²) < 4.78 is 1.83. The van der Waals surface area contributed by atoms with Crippen LogP contribution in [0.2, 0.25) is 0 Å². The Labute approximate surface area is 84.3 Å². The van der Waals surface area contributed by atoms with Crippen LogP contribution >= 0.6 is 0 Å². The lowest BCUT2D eigenvalue weighted by atomic mass is 9.96. The summed E-state index contributed by atoms with van der Waals surface area (Å²) in [7, 11) is 1.94. The predicted octanol–water partition coefficient (Wildman–Crippen LogP) is 1.75. The van der Waals surface area contributed by atoms with Crippen molar-refractivity contribution in [1.29, 1.82) is 0 Å². The summed E-state index contributed by atoms with van der Waals surface area (Å²) in [6, 6.07) is 0. The molecule has 3 heteroatoms. The summed E-state index contributed by atoms with van der Waals surface area (Å²) in [6.07, 6.45) is 5.45. The van der Waals surface area contributed by atoms with Gasteiger partial charge in [-0.25, -0.2) is 0 Å². The molecule has 0 radical (unpaired) electrons. The monoisotopic (exact) mass is 191 g/mol. The van der Waals surface area contributed by atoms with Gasteiger partial charge in [-0.1, -0.05) is 6.42 Å². The maximum atomic E-state index is 5.95. The van der Waals surface area contributed by atoms with E-state index in [4.69, 9.17) is 5.73 Å². The zero-order chi connectivity index (χ0) is 9.92. The molecule has 0 unspecified atom stereocenters. The third kappa shape index (κ3) is 0.805. The molecular formula is C11H17N3. The fourth-order valence-corrected chi connectivity index (χ4v) is 3.25. The van der Waals surface area contributed by atoms with E-state index in [2.05, 4.69) is 12.0 Å². The highest BCUT2D eigenvalue weighted by atomic mass is 15.3. The van der Waals surface area contributed by atoms with Crippen molar-refractivity contribution in [3.05, 3.63) is 11.3 Å². The first-order valence-electron chi connectivity index (χ1n) is 5.45. The Morgan fingerprint density at radius 1 is 1.57 bits per heavy atom. The van der Waals surface area contributed by atoms with Gasteiger partial charge in [-0.05, 0) is 32.1 Å². The second kappa shape index (κ2) is 2.33. The van der Waals surface area contributed by atoms with E-state index in [1.54, 1.807) is 0 Å². The average molecular weight is 191 g/mol. The summed E-state index contributed by atoms with van der Waals surface area (Å²) in [5, 5.41) is 4.60. The van der Waals surface area contributed by atoms with E-state index in [1.807, 2.05) is 11.7 Å². The first-order valence-corrected chi connectivity index (χ1v) is 5.45. The largest absolute Gasteiger partial charge is 0.384 e. The van der Waals surface area contributed by atoms with E-state index < -0.39 is 0 Å². The molecule has 1 aromatic rings. The smallest absolute Gasteiger partial charge is 0.124 e. The number of hydrogen-bond acceptors (Lipinski definition) is 2. The number of fused-ring (bicyclic) bond motifs is 1. The fraction of sp³-hybridized carbons (Fsp3) is 0.727. The second-order valence-corrected chi connectivity index (χ2v) is 4.93. The van der Waals surface area contributed by atoms with Crippen molar-refractivity contribution in [2.75, 3.05) is 5.73 Å². The van der Waals surface area contributed by atoms with E-state index in [9.17, 15) is 0 Å². The maximum absolute atomic E-state index is 5.95. The molecule has 2 atom stereocenters. The lowest BCUT2D eigenvalue weighted by Crippen LogP contribution is -2.08. The van der Waals surface area contributed by atoms with Gasteiger partial charge < -0.3 is 5.73 Å². The molecule has 2 aliphatic rings. The van der Waals surface area contributed by atoms with Gasteiger partial charge in [0.2, 0.25) is 0 Å². The van der Waals surface area contributed by atoms with E-state index in [1.165, 1.54) is 36.9 Å². The van der Waals surface area contributed by atoms with Crippen LogP contribution in [0.1, 0.15) is 36.9 Å². The molecule has 2 fully saturated rings. The molecule has 76 valence electrons. The van der Waals surface area contributed by atoms with Gasteiger partial charge in [0.25, 0.3) is 0 Å². The van der Waals surface area contributed by atoms with Crippen LogP contribution in [-0.2, 0) is 12.5 Å². The number of nitrogens with zero attached hydrogens (tertiary/aromatic N) is 2. The average Bonchev–Trinajstić information content (AvgIpc) is 2.64. The minimum absolute atomic E-state index is 0.444. The Hall–Kier alpha value is -0.990. The topological polar surface area (TPSA) is 43.8 Å². The summed E-state index contributed by atoms with van der Waals surface area (Å²) in [6.45, 7) is 2.11. The Morgan fingerprint density at radius 3 is 2.79 bits per heavy atom. The van der Waals surface area contributed by atoms with Gasteiger partial charge in [0.05, 0.1) is 5.69 Å². The van der Waals surface area contributed by atoms with Crippen LogP contribution in [0.5, 0.6) is 0 Å². The standard InChI is InChI=1S/C11H17N3/c1-7-9(13-14(2)10(7)12)11-5-3-4-8(11)6-11/h8H,3-6,12H2,1-2H3/t8-,11-/m1/s1. The Balaban J connectivity index is 2.09. The van der Waals surface area contributed by atoms with E-state index in [-0.39, 0.29) is 0 Å². The fourth-order valence-electron chi connectivity index (χ4n) is 3.25. The lowest BCUT2D eigenvalue weighted by molar-refractivity contribution is 0.610. The number of aryl methyl sites for hydroxylation is 1. The molecule has 0 spiro atoms. The van der Waals surface area contributed by atoms with Gasteiger partial charge >= 0.3 is 0 Å². The van der Waals surface area contributed by atoms with Crippen LogP contribution < -0.4 is 5.73 Å². The quantitative estimate of drug-likeness (QED) is 0.735. The van der Waals surface area contributed by atoms with Crippen molar-refractivity contribution in [3.8, 4) is 0 Å². The summed E-state index contributed by atoms with van der Waals surface area (Å²) in [5.41, 5.74) is 8.90. The normalized spacial score (nSPS) is 34.6. The lowest BCUT2D eigenvalue weighted by Gasteiger charge is -2.08. The molecule has 2 N–H and O–H groups in total. The molecule has 0 aliphatic heterocycles. The third-order valence-corrected chi connectivity index (χ3v) is 4.22. The summed E-state index contributed by atoms with van der Waals surface area (Å²) in [5.74, 6) is 1.75. The van der Waals surface area contributed by atoms with Gasteiger partial charge in [-0.3, -0.25) is 4.68 Å². The van der Waals surface area contributed by atoms with Gasteiger partial charge in [-0.2, -0.15) is 5.10 Å². The highest BCUT2D eigenvalue weighted by Gasteiger charge is 2.59. The van der Waals surface area contributed by atoms with Crippen LogP contribution in [0, 0.1) is 12.8 Å². The van der Waals surface area contributed by atoms with Gasteiger partial charge in [0.1, 0.15) is 5.82 Å². The first kappa shape index (κ1) is 8.33. The van der Waals surface area contributed by atoms with E-state index in [0.717, 1.165) is 11.7 Å². The molecule has 1 heterocycles. The number of hydrogen-bond donors (Lipinski definition) is 1. The van der Waals surface area contributed by atoms with Crippen molar-refractivity contribution >= 4 is 5.82 Å². The SMILES string of the molecule is Cc1c([C@@]23CCC[C@@H]2C3)nn(C)c1N. The van der Waals surface area contributed by atoms with Crippen molar-refractivity contribution in [3.63, 3.8) is 0 Å². The molecule has 1 aromatic heterocycles. The molecule has 14 heavy (non-hydrogen) atoms. The van der Waals surface area contributed by atoms with Gasteiger partial charge in [0.15, 0.2) is 0 Å². The number of nitrogens with two attached hydrogens (primary N) is 1. The molecule has 0 amide bonds. The van der Waals surface area contributed by atoms with Crippen LogP contribution in [-0.4, -0.2) is 9.78 Å². The minimum atomic E-state index is 0.444. The van der Waals surface area contributed by atoms with Crippen LogP contribution in [0.15, 0.2) is 0 Å². The number of rotatable bonds is 1. The molecule has 0 saturated heterocycles. The molecule has 0 bridgehead atoms. The van der Waals surface area contributed by atoms with Gasteiger partial charge in [0, 0.05) is 18.0 Å². The highest BCUT2D eigenvalue weighted by molar-refractivity contribution is 5.48. The first-order chi connectivity index (χ1) is 6.65. The summed E-state index contributed by atoms with van der Waals surface area (Å²) in [4.78, 5) is 0. The van der Waals surface area contributed by atoms with Crippen molar-refractivity contribution in [2.24, 2.45) is 13.0 Å². The molecule has 3 nitrogen and oxygen atoms in total. The second-order valence-electron chi connectivity index (χ2n) is 4.93. The zero-order valence-electron chi connectivity index (χ0n) is 8.88. The minimum Gasteiger partial charge on any atom is -0.384 e. The van der Waals surface area contributed by atoms with Crippen LogP contribution in [0.4, 0.5) is 5.82 Å². The van der Waals surface area contributed by atoms with Gasteiger partial charge in [-0.15, -0.1) is 0 Å². The molecule has 3 rings (SSSR count). The van der Waals surface area contributed by atoms with Crippen LogP contribution in [0.25, 0.3) is 0 Å². The molecule has 2 aliphatic carbocycles.